The Bertz CT molecular complexity index is 323. The SMILES string of the molecule is Cc1nc(OCC2CC2)ncc1CN. The summed E-state index contributed by atoms with van der Waals surface area (Å²) >= 11 is 0. The lowest BCUT2D eigenvalue weighted by Gasteiger charge is -2.05. The number of aromatic nitrogens is 2. The molecule has 1 heterocycles. The minimum Gasteiger partial charge on any atom is -0.463 e. The van der Waals surface area contributed by atoms with E-state index in [1.54, 1.807) is 6.20 Å². The molecular weight excluding hydrogens is 178 g/mol. The summed E-state index contributed by atoms with van der Waals surface area (Å²) < 4.78 is 5.45. The van der Waals surface area contributed by atoms with Gasteiger partial charge in [0.05, 0.1) is 6.61 Å². The molecule has 0 unspecified atom stereocenters. The first-order valence-corrected chi connectivity index (χ1v) is 4.95. The second-order valence-electron chi connectivity index (χ2n) is 3.72. The second kappa shape index (κ2) is 3.92. The van der Waals surface area contributed by atoms with Crippen molar-refractivity contribution in [1.29, 1.82) is 0 Å². The molecular formula is C10H15N3O. The molecule has 0 spiro atoms. The summed E-state index contributed by atoms with van der Waals surface area (Å²) in [7, 11) is 0. The first kappa shape index (κ1) is 9.40. The van der Waals surface area contributed by atoms with Gasteiger partial charge in [-0.15, -0.1) is 0 Å². The van der Waals surface area contributed by atoms with Gasteiger partial charge in [0.15, 0.2) is 0 Å². The van der Waals surface area contributed by atoms with Crippen LogP contribution in [0.15, 0.2) is 6.20 Å². The maximum atomic E-state index is 5.51. The summed E-state index contributed by atoms with van der Waals surface area (Å²) in [5.74, 6) is 0.730. The zero-order valence-electron chi connectivity index (χ0n) is 8.36. The molecule has 1 aliphatic rings. The molecule has 76 valence electrons. The van der Waals surface area contributed by atoms with Gasteiger partial charge < -0.3 is 10.5 Å². The van der Waals surface area contributed by atoms with E-state index in [0.29, 0.717) is 12.6 Å². The lowest BCUT2D eigenvalue weighted by Crippen LogP contribution is -2.07. The van der Waals surface area contributed by atoms with Gasteiger partial charge in [-0.2, -0.15) is 0 Å². The lowest BCUT2D eigenvalue weighted by atomic mass is 10.2. The minimum absolute atomic E-state index is 0.478. The van der Waals surface area contributed by atoms with Gasteiger partial charge in [0.25, 0.3) is 0 Å². The van der Waals surface area contributed by atoms with Crippen LogP contribution >= 0.6 is 0 Å². The van der Waals surface area contributed by atoms with Crippen LogP contribution in [0.2, 0.25) is 0 Å². The van der Waals surface area contributed by atoms with Crippen LogP contribution in [0.25, 0.3) is 0 Å². The molecule has 14 heavy (non-hydrogen) atoms. The molecule has 1 aromatic heterocycles. The Kier molecular flexibility index (Phi) is 2.63. The molecule has 0 amide bonds. The molecule has 2 N–H and O–H groups in total. The highest BCUT2D eigenvalue weighted by Crippen LogP contribution is 2.28. The number of hydrogen-bond acceptors (Lipinski definition) is 4. The third kappa shape index (κ3) is 2.20. The van der Waals surface area contributed by atoms with Gasteiger partial charge in [0, 0.05) is 24.0 Å². The largest absolute Gasteiger partial charge is 0.463 e. The van der Waals surface area contributed by atoms with E-state index in [1.165, 1.54) is 12.8 Å². The molecule has 0 bridgehead atoms. The number of nitrogens with two attached hydrogens (primary N) is 1. The molecule has 4 nitrogen and oxygen atoms in total. The molecule has 0 aliphatic heterocycles. The average molecular weight is 193 g/mol. The molecule has 4 heteroatoms. The smallest absolute Gasteiger partial charge is 0.316 e. The molecule has 0 aromatic carbocycles. The molecule has 0 atom stereocenters. The second-order valence-corrected chi connectivity index (χ2v) is 3.72. The van der Waals surface area contributed by atoms with E-state index >= 15 is 0 Å². The fraction of sp³-hybridized carbons (Fsp3) is 0.600. The predicted molar refractivity (Wildman–Crippen MR) is 52.9 cm³/mol. The zero-order valence-corrected chi connectivity index (χ0v) is 8.36. The average Bonchev–Trinajstić information content (AvgIpc) is 2.98. The standard InChI is InChI=1S/C10H15N3O/c1-7-9(4-11)5-12-10(13-7)14-6-8-2-3-8/h5,8H,2-4,6,11H2,1H3. The normalized spacial score (nSPS) is 15.6. The van der Waals surface area contributed by atoms with Crippen LogP contribution in [0, 0.1) is 12.8 Å². The Hall–Kier alpha value is -1.16. The Morgan fingerprint density at radius 3 is 2.93 bits per heavy atom. The van der Waals surface area contributed by atoms with Crippen molar-refractivity contribution in [2.24, 2.45) is 11.7 Å². The summed E-state index contributed by atoms with van der Waals surface area (Å²) in [4.78, 5) is 8.33. The van der Waals surface area contributed by atoms with Gasteiger partial charge in [0.2, 0.25) is 0 Å². The van der Waals surface area contributed by atoms with Crippen LogP contribution in [0.5, 0.6) is 6.01 Å². The van der Waals surface area contributed by atoms with Gasteiger partial charge in [0.1, 0.15) is 0 Å². The summed E-state index contributed by atoms with van der Waals surface area (Å²) in [5.41, 5.74) is 7.40. The number of aryl methyl sites for hydroxylation is 1. The van der Waals surface area contributed by atoms with E-state index < -0.39 is 0 Å². The number of hydrogen-bond donors (Lipinski definition) is 1. The van der Waals surface area contributed by atoms with E-state index in [0.717, 1.165) is 23.8 Å². The molecule has 1 aromatic rings. The fourth-order valence-electron chi connectivity index (χ4n) is 1.22. The van der Waals surface area contributed by atoms with Crippen LogP contribution in [0.1, 0.15) is 24.1 Å². The molecule has 1 fully saturated rings. The van der Waals surface area contributed by atoms with Gasteiger partial charge >= 0.3 is 6.01 Å². The number of rotatable bonds is 4. The Balaban J connectivity index is 1.99. The Morgan fingerprint density at radius 1 is 1.57 bits per heavy atom. The quantitative estimate of drug-likeness (QED) is 0.776. The van der Waals surface area contributed by atoms with E-state index in [4.69, 9.17) is 10.5 Å². The van der Waals surface area contributed by atoms with Gasteiger partial charge in [-0.3, -0.25) is 0 Å². The summed E-state index contributed by atoms with van der Waals surface area (Å²) in [6.07, 6.45) is 4.30. The minimum atomic E-state index is 0.478. The lowest BCUT2D eigenvalue weighted by molar-refractivity contribution is 0.275. The van der Waals surface area contributed by atoms with Crippen LogP contribution < -0.4 is 10.5 Å². The third-order valence-electron chi connectivity index (χ3n) is 2.42. The first-order chi connectivity index (χ1) is 6.79. The van der Waals surface area contributed by atoms with Gasteiger partial charge in [-0.05, 0) is 25.7 Å². The van der Waals surface area contributed by atoms with Crippen molar-refractivity contribution in [3.63, 3.8) is 0 Å². The highest BCUT2D eigenvalue weighted by molar-refractivity contribution is 5.17. The van der Waals surface area contributed by atoms with E-state index in [1.807, 2.05) is 6.92 Å². The zero-order chi connectivity index (χ0) is 9.97. The van der Waals surface area contributed by atoms with Crippen LogP contribution in [-0.4, -0.2) is 16.6 Å². The topological polar surface area (TPSA) is 61.0 Å². The van der Waals surface area contributed by atoms with Crippen LogP contribution in [0.4, 0.5) is 0 Å². The van der Waals surface area contributed by atoms with Gasteiger partial charge in [-0.1, -0.05) is 0 Å². The van der Waals surface area contributed by atoms with Crippen molar-refractivity contribution in [3.8, 4) is 6.01 Å². The predicted octanol–water partition coefficient (Wildman–Crippen LogP) is 1.03. The van der Waals surface area contributed by atoms with Crippen LogP contribution in [0.3, 0.4) is 0 Å². The fourth-order valence-corrected chi connectivity index (χ4v) is 1.22. The van der Waals surface area contributed by atoms with Crippen LogP contribution in [-0.2, 0) is 6.54 Å². The van der Waals surface area contributed by atoms with E-state index in [9.17, 15) is 0 Å². The number of nitrogens with zero attached hydrogens (tertiary/aromatic N) is 2. The molecule has 0 radical (unpaired) electrons. The summed E-state index contributed by atoms with van der Waals surface area (Å²) in [5, 5.41) is 0. The molecule has 1 saturated carbocycles. The van der Waals surface area contributed by atoms with Crippen molar-refractivity contribution in [1.82, 2.24) is 9.97 Å². The Morgan fingerprint density at radius 2 is 2.36 bits per heavy atom. The first-order valence-electron chi connectivity index (χ1n) is 4.95. The molecule has 2 rings (SSSR count). The highest BCUT2D eigenvalue weighted by Gasteiger charge is 2.22. The van der Waals surface area contributed by atoms with E-state index in [2.05, 4.69) is 9.97 Å². The van der Waals surface area contributed by atoms with Crippen molar-refractivity contribution in [3.05, 3.63) is 17.5 Å². The van der Waals surface area contributed by atoms with Crippen molar-refractivity contribution in [2.45, 2.75) is 26.3 Å². The van der Waals surface area contributed by atoms with Crippen molar-refractivity contribution in [2.75, 3.05) is 6.61 Å². The third-order valence-corrected chi connectivity index (χ3v) is 2.42. The Labute approximate surface area is 83.5 Å². The highest BCUT2D eigenvalue weighted by atomic mass is 16.5. The summed E-state index contributed by atoms with van der Waals surface area (Å²) in [6, 6.07) is 0.478. The monoisotopic (exact) mass is 193 g/mol. The van der Waals surface area contributed by atoms with Crippen molar-refractivity contribution < 1.29 is 4.74 Å². The van der Waals surface area contributed by atoms with Gasteiger partial charge in [-0.25, -0.2) is 9.97 Å². The maximum absolute atomic E-state index is 5.51. The molecule has 0 saturated heterocycles. The molecule has 1 aliphatic carbocycles. The summed E-state index contributed by atoms with van der Waals surface area (Å²) in [6.45, 7) is 3.16. The number of ether oxygens (including phenoxy) is 1. The van der Waals surface area contributed by atoms with Crippen molar-refractivity contribution >= 4 is 0 Å². The maximum Gasteiger partial charge on any atom is 0.316 e. The van der Waals surface area contributed by atoms with E-state index in [-0.39, 0.29) is 0 Å².